The van der Waals surface area contributed by atoms with Gasteiger partial charge in [-0.3, -0.25) is 9.59 Å². The molecule has 0 aromatic heterocycles. The van der Waals surface area contributed by atoms with Gasteiger partial charge in [-0.1, -0.05) is 19.3 Å². The standard InChI is InChI=1S/C11H18O4.Ca.2H/c1-8(9-5-3-2-4-6-9)15-11(14)7-10(12)13;;;/h8-9H,2-7H2,1H3,(H,12,13);;;. The van der Waals surface area contributed by atoms with Gasteiger partial charge in [-0.25, -0.2) is 0 Å². The van der Waals surface area contributed by atoms with E-state index in [-0.39, 0.29) is 43.8 Å². The van der Waals surface area contributed by atoms with Crippen LogP contribution in [-0.2, 0) is 14.3 Å². The second kappa shape index (κ2) is 8.31. The minimum atomic E-state index is -1.13. The molecule has 5 heteroatoms. The molecule has 4 nitrogen and oxygen atoms in total. The van der Waals surface area contributed by atoms with Crippen LogP contribution < -0.4 is 0 Å². The van der Waals surface area contributed by atoms with Crippen molar-refractivity contribution in [2.45, 2.75) is 51.6 Å². The summed E-state index contributed by atoms with van der Waals surface area (Å²) in [5, 5.41) is 8.41. The number of carbonyl (C=O) groups is 2. The molecular formula is C11H20CaO4. The zero-order valence-electron chi connectivity index (χ0n) is 9.07. The number of carboxylic acid groups (broad SMARTS) is 1. The van der Waals surface area contributed by atoms with Gasteiger partial charge < -0.3 is 9.84 Å². The second-order valence-electron chi connectivity index (χ2n) is 4.16. The van der Waals surface area contributed by atoms with Crippen LogP contribution in [0, 0.1) is 5.92 Å². The molecule has 0 amide bonds. The van der Waals surface area contributed by atoms with Gasteiger partial charge in [0.1, 0.15) is 12.5 Å². The van der Waals surface area contributed by atoms with Crippen molar-refractivity contribution >= 4 is 49.7 Å². The quantitative estimate of drug-likeness (QED) is 0.464. The van der Waals surface area contributed by atoms with Crippen LogP contribution in [0.4, 0.5) is 0 Å². The SMILES string of the molecule is CC(OC(=O)CC(=O)O)C1CCCCC1.[CaH2]. The van der Waals surface area contributed by atoms with Gasteiger partial charge in [0.25, 0.3) is 0 Å². The molecule has 0 aliphatic heterocycles. The molecule has 1 atom stereocenters. The van der Waals surface area contributed by atoms with E-state index in [0.717, 1.165) is 12.8 Å². The molecule has 0 heterocycles. The van der Waals surface area contributed by atoms with E-state index in [1.54, 1.807) is 0 Å². The Labute approximate surface area is 126 Å². The van der Waals surface area contributed by atoms with E-state index in [1.807, 2.05) is 6.92 Å². The number of hydrogen-bond donors (Lipinski definition) is 1. The fraction of sp³-hybridized carbons (Fsp3) is 0.818. The summed E-state index contributed by atoms with van der Waals surface area (Å²) in [6.45, 7) is 1.86. The number of esters is 1. The van der Waals surface area contributed by atoms with Crippen LogP contribution in [-0.4, -0.2) is 60.9 Å². The summed E-state index contributed by atoms with van der Waals surface area (Å²) in [5.41, 5.74) is 0. The fourth-order valence-corrected chi connectivity index (χ4v) is 2.07. The molecule has 1 N–H and O–H groups in total. The molecule has 0 aromatic rings. The van der Waals surface area contributed by atoms with E-state index in [4.69, 9.17) is 9.84 Å². The van der Waals surface area contributed by atoms with Crippen LogP contribution in [0.3, 0.4) is 0 Å². The average molecular weight is 256 g/mol. The molecule has 1 saturated carbocycles. The topological polar surface area (TPSA) is 63.6 Å². The number of carboxylic acids is 1. The molecule has 0 spiro atoms. The molecule has 0 radical (unpaired) electrons. The van der Waals surface area contributed by atoms with Crippen LogP contribution in [0.2, 0.25) is 0 Å². The third kappa shape index (κ3) is 6.06. The Bertz CT molecular complexity index is 236. The Kier molecular flexibility index (Phi) is 8.42. The van der Waals surface area contributed by atoms with E-state index in [2.05, 4.69) is 0 Å². The molecule has 1 aliphatic carbocycles. The third-order valence-corrected chi connectivity index (χ3v) is 2.93. The summed E-state index contributed by atoms with van der Waals surface area (Å²) in [6, 6.07) is 0. The molecule has 0 saturated heterocycles. The summed E-state index contributed by atoms with van der Waals surface area (Å²) in [7, 11) is 0. The maximum atomic E-state index is 11.1. The van der Waals surface area contributed by atoms with Gasteiger partial charge in [0.15, 0.2) is 0 Å². The van der Waals surface area contributed by atoms with Crippen molar-refractivity contribution in [1.29, 1.82) is 0 Å². The summed E-state index contributed by atoms with van der Waals surface area (Å²) >= 11 is 0. The Morgan fingerprint density at radius 1 is 1.31 bits per heavy atom. The van der Waals surface area contributed by atoms with Crippen LogP contribution in [0.15, 0.2) is 0 Å². The second-order valence-corrected chi connectivity index (χ2v) is 4.16. The number of carbonyl (C=O) groups excluding carboxylic acids is 1. The van der Waals surface area contributed by atoms with Crippen LogP contribution in [0.5, 0.6) is 0 Å². The van der Waals surface area contributed by atoms with Crippen molar-refractivity contribution in [3.63, 3.8) is 0 Å². The van der Waals surface area contributed by atoms with E-state index >= 15 is 0 Å². The van der Waals surface area contributed by atoms with Gasteiger partial charge in [0.05, 0.1) is 0 Å². The molecule has 0 bridgehead atoms. The van der Waals surface area contributed by atoms with Crippen molar-refractivity contribution in [3.05, 3.63) is 0 Å². The average Bonchev–Trinajstić information content (AvgIpc) is 2.17. The monoisotopic (exact) mass is 256 g/mol. The van der Waals surface area contributed by atoms with Crippen molar-refractivity contribution in [1.82, 2.24) is 0 Å². The van der Waals surface area contributed by atoms with Gasteiger partial charge in [-0.2, -0.15) is 0 Å². The molecule has 16 heavy (non-hydrogen) atoms. The predicted molar refractivity (Wildman–Crippen MR) is 62.9 cm³/mol. The first-order valence-corrected chi connectivity index (χ1v) is 5.51. The first-order chi connectivity index (χ1) is 7.09. The molecule has 1 aliphatic rings. The molecule has 1 rings (SSSR count). The van der Waals surface area contributed by atoms with E-state index in [1.165, 1.54) is 19.3 Å². The van der Waals surface area contributed by atoms with Gasteiger partial charge in [-0.05, 0) is 25.7 Å². The molecule has 90 valence electrons. The number of ether oxygens (including phenoxy) is 1. The van der Waals surface area contributed by atoms with E-state index in [9.17, 15) is 9.59 Å². The summed E-state index contributed by atoms with van der Waals surface area (Å²) in [5.74, 6) is -1.34. The molecule has 1 fully saturated rings. The Morgan fingerprint density at radius 2 is 1.88 bits per heavy atom. The van der Waals surface area contributed by atoms with Crippen molar-refractivity contribution < 1.29 is 19.4 Å². The molecule has 1 unspecified atom stereocenters. The van der Waals surface area contributed by atoms with Crippen LogP contribution in [0.25, 0.3) is 0 Å². The normalized spacial score (nSPS) is 18.3. The molecular weight excluding hydrogens is 236 g/mol. The fourth-order valence-electron chi connectivity index (χ4n) is 2.07. The van der Waals surface area contributed by atoms with Gasteiger partial charge in [-0.15, -0.1) is 0 Å². The van der Waals surface area contributed by atoms with E-state index < -0.39 is 18.4 Å². The van der Waals surface area contributed by atoms with Gasteiger partial charge >= 0.3 is 49.7 Å². The Hall–Kier alpha value is 0.200. The minimum absolute atomic E-state index is 0. The zero-order valence-corrected chi connectivity index (χ0v) is 9.07. The molecule has 0 aromatic carbocycles. The summed E-state index contributed by atoms with van der Waals surface area (Å²) in [4.78, 5) is 21.4. The zero-order chi connectivity index (χ0) is 11.3. The Morgan fingerprint density at radius 3 is 2.38 bits per heavy atom. The van der Waals surface area contributed by atoms with Gasteiger partial charge in [0.2, 0.25) is 0 Å². The first-order valence-electron chi connectivity index (χ1n) is 5.51. The van der Waals surface area contributed by atoms with Crippen molar-refractivity contribution in [2.75, 3.05) is 0 Å². The van der Waals surface area contributed by atoms with Crippen molar-refractivity contribution in [3.8, 4) is 0 Å². The summed E-state index contributed by atoms with van der Waals surface area (Å²) in [6.07, 6.45) is 5.13. The third-order valence-electron chi connectivity index (χ3n) is 2.93. The number of rotatable bonds is 4. The van der Waals surface area contributed by atoms with E-state index in [0.29, 0.717) is 5.92 Å². The predicted octanol–water partition coefficient (Wildman–Crippen LogP) is 1.06. The van der Waals surface area contributed by atoms with Crippen LogP contribution >= 0.6 is 0 Å². The number of hydrogen-bond acceptors (Lipinski definition) is 3. The number of aliphatic carboxylic acids is 1. The first kappa shape index (κ1) is 16.2. The summed E-state index contributed by atoms with van der Waals surface area (Å²) < 4.78 is 5.08. The van der Waals surface area contributed by atoms with Crippen molar-refractivity contribution in [2.24, 2.45) is 5.92 Å². The van der Waals surface area contributed by atoms with Crippen LogP contribution in [0.1, 0.15) is 45.4 Å². The maximum absolute atomic E-state index is 11.1. The Balaban J connectivity index is 0.00000225. The van der Waals surface area contributed by atoms with Gasteiger partial charge in [0, 0.05) is 0 Å².